The van der Waals surface area contributed by atoms with Crippen LogP contribution in [0.15, 0.2) is 42.7 Å². The molecule has 2 rings (SSSR count). The number of rotatable bonds is 4. The molecule has 0 unspecified atom stereocenters. The Bertz CT molecular complexity index is 609. The number of hydrogen-bond donors (Lipinski definition) is 3. The summed E-state index contributed by atoms with van der Waals surface area (Å²) < 4.78 is 1.53. The molecule has 0 bridgehead atoms. The molecule has 3 N–H and O–H groups in total. The molecule has 7 heteroatoms. The molecule has 0 radical (unpaired) electrons. The number of aryl methyl sites for hydroxylation is 1. The van der Waals surface area contributed by atoms with Crippen molar-refractivity contribution in [1.82, 2.24) is 15.1 Å². The summed E-state index contributed by atoms with van der Waals surface area (Å²) in [6, 6.07) is 6.78. The molecule has 1 atom stereocenters. The molecule has 0 fully saturated rings. The summed E-state index contributed by atoms with van der Waals surface area (Å²) in [6.07, 6.45) is 3.08. The number of urea groups is 1. The Morgan fingerprint density at radius 3 is 2.55 bits per heavy atom. The fourth-order valence-electron chi connectivity index (χ4n) is 1.72. The van der Waals surface area contributed by atoms with Gasteiger partial charge >= 0.3 is 12.0 Å². The molecule has 7 nitrogen and oxygen atoms in total. The first-order valence-corrected chi connectivity index (χ1v) is 5.90. The van der Waals surface area contributed by atoms with Gasteiger partial charge in [-0.25, -0.2) is 9.59 Å². The maximum atomic E-state index is 11.8. The van der Waals surface area contributed by atoms with Crippen molar-refractivity contribution >= 4 is 17.7 Å². The van der Waals surface area contributed by atoms with Crippen LogP contribution in [-0.4, -0.2) is 26.9 Å². The Balaban J connectivity index is 2.05. The van der Waals surface area contributed by atoms with Gasteiger partial charge in [0.15, 0.2) is 6.04 Å². The second kappa shape index (κ2) is 5.87. The van der Waals surface area contributed by atoms with Gasteiger partial charge in [0.2, 0.25) is 0 Å². The summed E-state index contributed by atoms with van der Waals surface area (Å²) in [7, 11) is 1.72. The largest absolute Gasteiger partial charge is 0.479 e. The highest BCUT2D eigenvalue weighted by Gasteiger charge is 2.21. The van der Waals surface area contributed by atoms with E-state index in [1.54, 1.807) is 43.6 Å². The highest BCUT2D eigenvalue weighted by atomic mass is 16.4. The number of carbonyl (C=O) groups is 2. The smallest absolute Gasteiger partial charge is 0.330 e. The maximum absolute atomic E-state index is 11.8. The molecule has 0 spiro atoms. The number of carbonyl (C=O) groups excluding carboxylic acids is 1. The molecule has 0 aliphatic heterocycles. The number of aliphatic carboxylic acids is 1. The zero-order valence-corrected chi connectivity index (χ0v) is 10.8. The third-order valence-corrected chi connectivity index (χ3v) is 2.62. The van der Waals surface area contributed by atoms with Crippen LogP contribution in [0.5, 0.6) is 0 Å². The molecule has 1 heterocycles. The van der Waals surface area contributed by atoms with Crippen LogP contribution in [0.4, 0.5) is 10.5 Å². The molecule has 1 aromatic carbocycles. The highest BCUT2D eigenvalue weighted by molar-refractivity contribution is 5.92. The zero-order chi connectivity index (χ0) is 14.5. The Morgan fingerprint density at radius 2 is 2.00 bits per heavy atom. The molecule has 0 aliphatic carbocycles. The molecular formula is C13H14N4O3. The van der Waals surface area contributed by atoms with Gasteiger partial charge < -0.3 is 15.7 Å². The van der Waals surface area contributed by atoms with Gasteiger partial charge in [-0.2, -0.15) is 5.10 Å². The lowest BCUT2D eigenvalue weighted by atomic mass is 10.1. The first kappa shape index (κ1) is 13.6. The van der Waals surface area contributed by atoms with Crippen LogP contribution >= 0.6 is 0 Å². The van der Waals surface area contributed by atoms with Gasteiger partial charge in [0.05, 0.1) is 11.9 Å². The van der Waals surface area contributed by atoms with Crippen molar-refractivity contribution in [3.05, 3.63) is 48.3 Å². The number of nitrogens with zero attached hydrogens (tertiary/aromatic N) is 2. The molecular weight excluding hydrogens is 260 g/mol. The summed E-state index contributed by atoms with van der Waals surface area (Å²) in [4.78, 5) is 23.0. The Labute approximate surface area is 115 Å². The van der Waals surface area contributed by atoms with Gasteiger partial charge in [-0.3, -0.25) is 4.68 Å². The van der Waals surface area contributed by atoms with Crippen molar-refractivity contribution < 1.29 is 14.7 Å². The molecule has 0 aliphatic rings. The fraction of sp³-hybridized carbons (Fsp3) is 0.154. The van der Waals surface area contributed by atoms with Crippen molar-refractivity contribution in [1.29, 1.82) is 0 Å². The number of hydrogen-bond acceptors (Lipinski definition) is 3. The molecule has 2 amide bonds. The number of carboxylic acids is 1. The molecule has 1 aromatic heterocycles. The first-order chi connectivity index (χ1) is 9.56. The average molecular weight is 274 g/mol. The van der Waals surface area contributed by atoms with Crippen LogP contribution < -0.4 is 10.6 Å². The lowest BCUT2D eigenvalue weighted by molar-refractivity contribution is -0.139. The summed E-state index contributed by atoms with van der Waals surface area (Å²) in [6.45, 7) is 0. The van der Waals surface area contributed by atoms with E-state index in [2.05, 4.69) is 15.7 Å². The van der Waals surface area contributed by atoms with E-state index in [1.165, 1.54) is 10.9 Å². The number of amides is 2. The second-order valence-corrected chi connectivity index (χ2v) is 4.18. The predicted molar refractivity (Wildman–Crippen MR) is 72.2 cm³/mol. The lowest BCUT2D eigenvalue weighted by Gasteiger charge is -2.14. The summed E-state index contributed by atoms with van der Waals surface area (Å²) in [5.41, 5.74) is 0.989. The van der Waals surface area contributed by atoms with Crippen molar-refractivity contribution in [3.63, 3.8) is 0 Å². The van der Waals surface area contributed by atoms with Gasteiger partial charge in [-0.1, -0.05) is 30.3 Å². The van der Waals surface area contributed by atoms with Crippen molar-refractivity contribution in [2.45, 2.75) is 6.04 Å². The monoisotopic (exact) mass is 274 g/mol. The van der Waals surface area contributed by atoms with Crippen LogP contribution in [-0.2, 0) is 11.8 Å². The average Bonchev–Trinajstić information content (AvgIpc) is 2.82. The molecule has 20 heavy (non-hydrogen) atoms. The Morgan fingerprint density at radius 1 is 1.30 bits per heavy atom. The quantitative estimate of drug-likeness (QED) is 0.784. The number of anilines is 1. The topological polar surface area (TPSA) is 96.2 Å². The zero-order valence-electron chi connectivity index (χ0n) is 10.8. The van der Waals surface area contributed by atoms with E-state index in [0.29, 0.717) is 11.3 Å². The third-order valence-electron chi connectivity index (χ3n) is 2.62. The second-order valence-electron chi connectivity index (χ2n) is 4.18. The van der Waals surface area contributed by atoms with Crippen molar-refractivity contribution in [2.75, 3.05) is 5.32 Å². The van der Waals surface area contributed by atoms with Gasteiger partial charge in [-0.15, -0.1) is 0 Å². The summed E-state index contributed by atoms with van der Waals surface area (Å²) >= 11 is 0. The Kier molecular flexibility index (Phi) is 3.99. The lowest BCUT2D eigenvalue weighted by Crippen LogP contribution is -2.36. The van der Waals surface area contributed by atoms with E-state index in [0.717, 1.165) is 0 Å². The fourth-order valence-corrected chi connectivity index (χ4v) is 1.72. The first-order valence-electron chi connectivity index (χ1n) is 5.90. The van der Waals surface area contributed by atoms with E-state index in [9.17, 15) is 14.7 Å². The number of carboxylic acid groups (broad SMARTS) is 1. The minimum Gasteiger partial charge on any atom is -0.479 e. The van der Waals surface area contributed by atoms with Crippen LogP contribution in [0.1, 0.15) is 11.6 Å². The van der Waals surface area contributed by atoms with Gasteiger partial charge in [0.25, 0.3) is 0 Å². The molecule has 0 saturated heterocycles. The van der Waals surface area contributed by atoms with Gasteiger partial charge in [0, 0.05) is 13.2 Å². The normalized spacial score (nSPS) is 11.7. The van der Waals surface area contributed by atoms with E-state index in [4.69, 9.17) is 0 Å². The van der Waals surface area contributed by atoms with Gasteiger partial charge in [0.1, 0.15) is 0 Å². The number of nitrogens with one attached hydrogen (secondary N) is 2. The maximum Gasteiger partial charge on any atom is 0.330 e. The van der Waals surface area contributed by atoms with Crippen LogP contribution in [0.2, 0.25) is 0 Å². The van der Waals surface area contributed by atoms with E-state index < -0.39 is 18.0 Å². The number of benzene rings is 1. The van der Waals surface area contributed by atoms with E-state index in [-0.39, 0.29) is 0 Å². The minimum atomic E-state index is -1.13. The summed E-state index contributed by atoms with van der Waals surface area (Å²) in [5, 5.41) is 18.0. The third kappa shape index (κ3) is 3.35. The summed E-state index contributed by atoms with van der Waals surface area (Å²) in [5.74, 6) is -1.13. The highest BCUT2D eigenvalue weighted by Crippen LogP contribution is 2.13. The molecule has 104 valence electrons. The van der Waals surface area contributed by atoms with Crippen LogP contribution in [0, 0.1) is 0 Å². The number of aromatic nitrogens is 2. The SMILES string of the molecule is Cn1cc(NC(=O)N[C@H](C(=O)O)c2ccccc2)cn1. The minimum absolute atomic E-state index is 0.488. The standard InChI is InChI=1S/C13H14N4O3/c1-17-8-10(7-14-17)15-13(20)16-11(12(18)19)9-5-3-2-4-6-9/h2-8,11H,1H3,(H,18,19)(H2,15,16,20)/t11-/m0/s1. The molecule has 2 aromatic rings. The van der Waals surface area contributed by atoms with Crippen molar-refractivity contribution in [2.24, 2.45) is 7.05 Å². The predicted octanol–water partition coefficient (Wildman–Crippen LogP) is 1.37. The van der Waals surface area contributed by atoms with Gasteiger partial charge in [-0.05, 0) is 5.56 Å². The van der Waals surface area contributed by atoms with E-state index in [1.807, 2.05) is 0 Å². The molecule has 0 saturated carbocycles. The van der Waals surface area contributed by atoms with Crippen LogP contribution in [0.3, 0.4) is 0 Å². The Hall–Kier alpha value is -2.83. The van der Waals surface area contributed by atoms with E-state index >= 15 is 0 Å². The van der Waals surface area contributed by atoms with Crippen LogP contribution in [0.25, 0.3) is 0 Å². The van der Waals surface area contributed by atoms with Crippen molar-refractivity contribution in [3.8, 4) is 0 Å².